The summed E-state index contributed by atoms with van der Waals surface area (Å²) in [6.45, 7) is 5.96. The molecule has 3 heterocycles. The summed E-state index contributed by atoms with van der Waals surface area (Å²) in [5.41, 5.74) is 5.63. The summed E-state index contributed by atoms with van der Waals surface area (Å²) < 4.78 is 10.7. The Morgan fingerprint density at radius 2 is 1.80 bits per heavy atom. The number of aromatic nitrogens is 1. The van der Waals surface area contributed by atoms with E-state index in [1.807, 2.05) is 4.90 Å². The van der Waals surface area contributed by atoms with Gasteiger partial charge >= 0.3 is 0 Å². The lowest BCUT2D eigenvalue weighted by Gasteiger charge is -2.29. The Hall–Kier alpha value is -2.87. The van der Waals surface area contributed by atoms with Crippen molar-refractivity contribution in [2.24, 2.45) is 0 Å². The van der Waals surface area contributed by atoms with Crippen LogP contribution in [0.3, 0.4) is 0 Å². The van der Waals surface area contributed by atoms with Gasteiger partial charge in [-0.2, -0.15) is 0 Å². The highest BCUT2D eigenvalue weighted by Crippen LogP contribution is 2.18. The fourth-order valence-electron chi connectivity index (χ4n) is 2.71. The molecule has 8 nitrogen and oxygen atoms in total. The van der Waals surface area contributed by atoms with E-state index in [0.717, 1.165) is 0 Å². The van der Waals surface area contributed by atoms with Crippen LogP contribution in [-0.2, 0) is 4.74 Å². The van der Waals surface area contributed by atoms with E-state index in [4.69, 9.17) is 9.15 Å². The predicted octanol–water partition coefficient (Wildman–Crippen LogP) is 1.20. The molecule has 1 aliphatic rings. The van der Waals surface area contributed by atoms with Crippen molar-refractivity contribution in [3.63, 3.8) is 0 Å². The van der Waals surface area contributed by atoms with Crippen LogP contribution in [0, 0.1) is 13.8 Å². The molecule has 0 atom stereocenters. The molecule has 2 amide bonds. The monoisotopic (exact) mass is 344 g/mol. The van der Waals surface area contributed by atoms with Gasteiger partial charge in [0.1, 0.15) is 17.3 Å². The molecule has 2 aromatic heterocycles. The number of morpholine rings is 1. The van der Waals surface area contributed by atoms with E-state index in [2.05, 4.69) is 15.8 Å². The van der Waals surface area contributed by atoms with Crippen LogP contribution in [0.25, 0.3) is 0 Å². The standard InChI is InChI=1S/C17H20N4O4/c1-11-10-14(12(2)25-11)17(23)20-19-16(22)13-4-3-5-18-15(13)21-6-8-24-9-7-21/h3-5,10H,6-9H2,1-2H3,(H,19,22)(H,20,23). The number of hydrogen-bond donors (Lipinski definition) is 2. The Kier molecular flexibility index (Phi) is 4.99. The Bertz CT molecular complexity index is 781. The molecule has 0 radical (unpaired) electrons. The number of amides is 2. The zero-order chi connectivity index (χ0) is 17.8. The highest BCUT2D eigenvalue weighted by molar-refractivity contribution is 6.02. The largest absolute Gasteiger partial charge is 0.466 e. The Labute approximate surface area is 145 Å². The van der Waals surface area contributed by atoms with E-state index in [-0.39, 0.29) is 0 Å². The first-order chi connectivity index (χ1) is 12.1. The fraction of sp³-hybridized carbons (Fsp3) is 0.353. The van der Waals surface area contributed by atoms with Crippen molar-refractivity contribution >= 4 is 17.6 Å². The van der Waals surface area contributed by atoms with E-state index in [1.165, 1.54) is 0 Å². The maximum absolute atomic E-state index is 12.5. The minimum Gasteiger partial charge on any atom is -0.466 e. The first kappa shape index (κ1) is 17.0. The SMILES string of the molecule is Cc1cc(C(=O)NNC(=O)c2cccnc2N2CCOCC2)c(C)o1. The minimum atomic E-state index is -0.431. The molecule has 3 rings (SSSR count). The summed E-state index contributed by atoms with van der Waals surface area (Å²) in [5, 5.41) is 0. The highest BCUT2D eigenvalue weighted by Gasteiger charge is 2.21. The third-order valence-electron chi connectivity index (χ3n) is 3.92. The van der Waals surface area contributed by atoms with Crippen LogP contribution in [0.2, 0.25) is 0 Å². The Morgan fingerprint density at radius 1 is 1.12 bits per heavy atom. The van der Waals surface area contributed by atoms with Gasteiger partial charge in [0.2, 0.25) is 0 Å². The van der Waals surface area contributed by atoms with Crippen molar-refractivity contribution in [3.05, 3.63) is 47.0 Å². The number of nitrogens with zero attached hydrogens (tertiary/aromatic N) is 2. The average Bonchev–Trinajstić information content (AvgIpc) is 2.98. The van der Waals surface area contributed by atoms with Gasteiger partial charge in [0.25, 0.3) is 11.8 Å². The maximum Gasteiger partial charge on any atom is 0.273 e. The second-order valence-corrected chi connectivity index (χ2v) is 5.71. The van der Waals surface area contributed by atoms with Crippen molar-refractivity contribution < 1.29 is 18.7 Å². The molecule has 0 unspecified atom stereocenters. The molecule has 0 saturated carbocycles. The fourth-order valence-corrected chi connectivity index (χ4v) is 2.71. The van der Waals surface area contributed by atoms with Gasteiger partial charge in [-0.25, -0.2) is 4.98 Å². The van der Waals surface area contributed by atoms with Crippen LogP contribution in [0.1, 0.15) is 32.2 Å². The third kappa shape index (κ3) is 3.80. The first-order valence-corrected chi connectivity index (χ1v) is 8.01. The molecule has 0 aliphatic carbocycles. The summed E-state index contributed by atoms with van der Waals surface area (Å²) >= 11 is 0. The molecule has 0 bridgehead atoms. The second-order valence-electron chi connectivity index (χ2n) is 5.71. The molecule has 2 N–H and O–H groups in total. The number of furan rings is 1. The molecule has 1 aliphatic heterocycles. The quantitative estimate of drug-likeness (QED) is 0.812. The molecular formula is C17H20N4O4. The van der Waals surface area contributed by atoms with Gasteiger partial charge in [0.05, 0.1) is 24.3 Å². The van der Waals surface area contributed by atoms with Crippen LogP contribution in [0.4, 0.5) is 5.82 Å². The predicted molar refractivity (Wildman–Crippen MR) is 90.4 cm³/mol. The van der Waals surface area contributed by atoms with Crippen molar-refractivity contribution in [2.45, 2.75) is 13.8 Å². The number of nitrogens with one attached hydrogen (secondary N) is 2. The lowest BCUT2D eigenvalue weighted by molar-refractivity contribution is 0.0845. The number of ether oxygens (including phenoxy) is 1. The lowest BCUT2D eigenvalue weighted by Crippen LogP contribution is -2.43. The van der Waals surface area contributed by atoms with Crippen LogP contribution < -0.4 is 15.8 Å². The van der Waals surface area contributed by atoms with Crippen LogP contribution in [-0.4, -0.2) is 43.1 Å². The number of carbonyl (C=O) groups excluding carboxylic acids is 2. The molecule has 132 valence electrons. The smallest absolute Gasteiger partial charge is 0.273 e. The number of pyridine rings is 1. The summed E-state index contributed by atoms with van der Waals surface area (Å²) in [5.74, 6) is 0.851. The molecule has 1 saturated heterocycles. The van der Waals surface area contributed by atoms with Crippen LogP contribution in [0.15, 0.2) is 28.8 Å². The molecule has 1 fully saturated rings. The summed E-state index contributed by atoms with van der Waals surface area (Å²) in [7, 11) is 0. The zero-order valence-corrected chi connectivity index (χ0v) is 14.2. The molecule has 25 heavy (non-hydrogen) atoms. The summed E-state index contributed by atoms with van der Waals surface area (Å²) in [6, 6.07) is 4.98. The van der Waals surface area contributed by atoms with Gasteiger partial charge < -0.3 is 14.1 Å². The van der Waals surface area contributed by atoms with Gasteiger partial charge in [0, 0.05) is 19.3 Å². The zero-order valence-electron chi connectivity index (χ0n) is 14.2. The Morgan fingerprint density at radius 3 is 2.44 bits per heavy atom. The van der Waals surface area contributed by atoms with E-state index < -0.39 is 11.8 Å². The Balaban J connectivity index is 1.69. The van der Waals surface area contributed by atoms with Crippen molar-refractivity contribution in [3.8, 4) is 0 Å². The van der Waals surface area contributed by atoms with E-state index in [9.17, 15) is 9.59 Å². The normalized spacial score (nSPS) is 14.2. The van der Waals surface area contributed by atoms with Gasteiger partial charge in [0.15, 0.2) is 0 Å². The highest BCUT2D eigenvalue weighted by atomic mass is 16.5. The molecular weight excluding hydrogens is 324 g/mol. The summed E-state index contributed by atoms with van der Waals surface area (Å²) in [6.07, 6.45) is 1.64. The molecule has 8 heteroatoms. The van der Waals surface area contributed by atoms with E-state index in [0.29, 0.717) is 54.8 Å². The lowest BCUT2D eigenvalue weighted by atomic mass is 10.2. The van der Waals surface area contributed by atoms with Gasteiger partial charge in [-0.15, -0.1) is 0 Å². The van der Waals surface area contributed by atoms with Gasteiger partial charge in [-0.05, 0) is 32.0 Å². The topological polar surface area (TPSA) is 96.7 Å². The first-order valence-electron chi connectivity index (χ1n) is 8.01. The van der Waals surface area contributed by atoms with Crippen molar-refractivity contribution in [1.82, 2.24) is 15.8 Å². The molecule has 2 aromatic rings. The van der Waals surface area contributed by atoms with E-state index >= 15 is 0 Å². The molecule has 0 spiro atoms. The van der Waals surface area contributed by atoms with E-state index in [1.54, 1.807) is 38.2 Å². The number of hydrazine groups is 1. The van der Waals surface area contributed by atoms with Gasteiger partial charge in [-0.3, -0.25) is 20.4 Å². The van der Waals surface area contributed by atoms with Crippen LogP contribution in [0.5, 0.6) is 0 Å². The number of aryl methyl sites for hydroxylation is 2. The van der Waals surface area contributed by atoms with Crippen LogP contribution >= 0.6 is 0 Å². The number of anilines is 1. The minimum absolute atomic E-state index is 0.386. The average molecular weight is 344 g/mol. The maximum atomic E-state index is 12.5. The second kappa shape index (κ2) is 7.35. The number of carbonyl (C=O) groups is 2. The third-order valence-corrected chi connectivity index (χ3v) is 3.92. The van der Waals surface area contributed by atoms with Crippen molar-refractivity contribution in [1.29, 1.82) is 0 Å². The molecule has 0 aromatic carbocycles. The number of rotatable bonds is 3. The number of hydrogen-bond acceptors (Lipinski definition) is 6. The van der Waals surface area contributed by atoms with Crippen molar-refractivity contribution in [2.75, 3.05) is 31.2 Å². The summed E-state index contributed by atoms with van der Waals surface area (Å²) in [4.78, 5) is 31.0. The van der Waals surface area contributed by atoms with Gasteiger partial charge in [-0.1, -0.05) is 0 Å².